The van der Waals surface area contributed by atoms with Crippen LogP contribution in [0.15, 0.2) is 18.2 Å². The molecule has 0 unspecified atom stereocenters. The van der Waals surface area contributed by atoms with Crippen LogP contribution in [0.25, 0.3) is 0 Å². The molecule has 1 rings (SSSR count). The number of nitrogens with one attached hydrogen (secondary N) is 1. The molecule has 0 heterocycles. The highest BCUT2D eigenvalue weighted by atomic mass is 35.5. The van der Waals surface area contributed by atoms with Crippen molar-refractivity contribution < 1.29 is 9.53 Å². The van der Waals surface area contributed by atoms with Gasteiger partial charge in [0.1, 0.15) is 5.75 Å². The van der Waals surface area contributed by atoms with Gasteiger partial charge < -0.3 is 4.74 Å². The van der Waals surface area contributed by atoms with Gasteiger partial charge in [-0.15, -0.1) is 0 Å². The van der Waals surface area contributed by atoms with E-state index >= 15 is 0 Å². The number of amides is 1. The lowest BCUT2D eigenvalue weighted by molar-refractivity contribution is -0.121. The molecule has 1 aromatic carbocycles. The van der Waals surface area contributed by atoms with Crippen LogP contribution in [0.5, 0.6) is 5.75 Å². The van der Waals surface area contributed by atoms with E-state index in [2.05, 4.69) is 26.2 Å². The summed E-state index contributed by atoms with van der Waals surface area (Å²) in [5.74, 6) is 5.53. The second kappa shape index (κ2) is 7.50. The number of benzene rings is 1. The Morgan fingerprint density at radius 2 is 2.05 bits per heavy atom. The molecule has 4 nitrogen and oxygen atoms in total. The number of hydrogen-bond donors (Lipinski definition) is 2. The predicted octanol–water partition coefficient (Wildman–Crippen LogP) is 3.18. The lowest BCUT2D eigenvalue weighted by Crippen LogP contribution is -2.29. The number of ether oxygens (including phenoxy) is 1. The summed E-state index contributed by atoms with van der Waals surface area (Å²) in [6.07, 6.45) is 1.93. The van der Waals surface area contributed by atoms with Crippen LogP contribution in [0.1, 0.15) is 45.6 Å². The van der Waals surface area contributed by atoms with Gasteiger partial charge >= 0.3 is 0 Å². The van der Waals surface area contributed by atoms with Crippen LogP contribution >= 0.6 is 11.6 Å². The SMILES string of the molecule is CC(C)(C)c1ccc(OCCCCC(=O)NN)c(Cl)c1. The average molecular weight is 299 g/mol. The molecule has 0 radical (unpaired) electrons. The molecule has 0 bridgehead atoms. The second-order valence-electron chi connectivity index (χ2n) is 5.77. The van der Waals surface area contributed by atoms with Gasteiger partial charge in [-0.2, -0.15) is 0 Å². The van der Waals surface area contributed by atoms with E-state index in [1.807, 2.05) is 18.2 Å². The van der Waals surface area contributed by atoms with E-state index in [0.717, 1.165) is 12.8 Å². The fourth-order valence-electron chi connectivity index (χ4n) is 1.73. The van der Waals surface area contributed by atoms with Crippen molar-refractivity contribution in [3.63, 3.8) is 0 Å². The Bertz CT molecular complexity index is 456. The van der Waals surface area contributed by atoms with E-state index in [1.165, 1.54) is 5.56 Å². The first-order valence-corrected chi connectivity index (χ1v) is 7.14. The van der Waals surface area contributed by atoms with Gasteiger partial charge in [-0.3, -0.25) is 10.2 Å². The fourth-order valence-corrected chi connectivity index (χ4v) is 1.96. The zero-order chi connectivity index (χ0) is 15.2. The Labute approximate surface area is 125 Å². The molecule has 0 aliphatic heterocycles. The number of carbonyl (C=O) groups excluding carboxylic acids is 1. The third-order valence-corrected chi connectivity index (χ3v) is 3.31. The molecule has 3 N–H and O–H groups in total. The van der Waals surface area contributed by atoms with E-state index in [1.54, 1.807) is 0 Å². The van der Waals surface area contributed by atoms with Gasteiger partial charge in [0.15, 0.2) is 0 Å². The van der Waals surface area contributed by atoms with Crippen LogP contribution < -0.4 is 16.0 Å². The van der Waals surface area contributed by atoms with Gasteiger partial charge in [0, 0.05) is 6.42 Å². The van der Waals surface area contributed by atoms with E-state index in [0.29, 0.717) is 23.8 Å². The molecular weight excluding hydrogens is 276 g/mol. The minimum atomic E-state index is -0.155. The summed E-state index contributed by atoms with van der Waals surface area (Å²) in [6.45, 7) is 6.96. The second-order valence-corrected chi connectivity index (χ2v) is 6.18. The van der Waals surface area contributed by atoms with Gasteiger partial charge in [0.05, 0.1) is 11.6 Å². The molecule has 0 spiro atoms. The average Bonchev–Trinajstić information content (AvgIpc) is 2.38. The summed E-state index contributed by atoms with van der Waals surface area (Å²) >= 11 is 6.22. The first kappa shape index (κ1) is 16.8. The van der Waals surface area contributed by atoms with Crippen LogP contribution in [0.2, 0.25) is 5.02 Å². The van der Waals surface area contributed by atoms with Crippen molar-refractivity contribution in [1.82, 2.24) is 5.43 Å². The predicted molar refractivity (Wildman–Crippen MR) is 81.8 cm³/mol. The molecule has 1 aromatic rings. The van der Waals surface area contributed by atoms with Crippen molar-refractivity contribution in [2.75, 3.05) is 6.61 Å². The number of rotatable bonds is 6. The maximum Gasteiger partial charge on any atom is 0.233 e. The van der Waals surface area contributed by atoms with E-state index < -0.39 is 0 Å². The van der Waals surface area contributed by atoms with Crippen molar-refractivity contribution in [1.29, 1.82) is 0 Å². The summed E-state index contributed by atoms with van der Waals surface area (Å²) < 4.78 is 5.62. The standard InChI is InChI=1S/C15H23ClN2O2/c1-15(2,3)11-7-8-13(12(16)10-11)20-9-5-4-6-14(19)18-17/h7-8,10H,4-6,9,17H2,1-3H3,(H,18,19). The Balaban J connectivity index is 2.43. The number of hydrogen-bond acceptors (Lipinski definition) is 3. The third kappa shape index (κ3) is 5.39. The lowest BCUT2D eigenvalue weighted by Gasteiger charge is -2.20. The molecule has 0 aliphatic carbocycles. The molecule has 20 heavy (non-hydrogen) atoms. The smallest absolute Gasteiger partial charge is 0.233 e. The molecule has 5 heteroatoms. The first-order valence-electron chi connectivity index (χ1n) is 6.77. The van der Waals surface area contributed by atoms with Gasteiger partial charge in [-0.05, 0) is 36.0 Å². The monoisotopic (exact) mass is 298 g/mol. The van der Waals surface area contributed by atoms with Gasteiger partial charge in [0.2, 0.25) is 5.91 Å². The molecule has 0 aromatic heterocycles. The molecule has 0 saturated heterocycles. The van der Waals surface area contributed by atoms with Crippen molar-refractivity contribution >= 4 is 17.5 Å². The van der Waals surface area contributed by atoms with E-state index in [4.69, 9.17) is 22.2 Å². The molecule has 1 amide bonds. The third-order valence-electron chi connectivity index (χ3n) is 3.01. The van der Waals surface area contributed by atoms with Crippen LogP contribution in [0, 0.1) is 0 Å². The molecular formula is C15H23ClN2O2. The van der Waals surface area contributed by atoms with Crippen molar-refractivity contribution in [3.8, 4) is 5.75 Å². The number of nitrogens with two attached hydrogens (primary N) is 1. The Kier molecular flexibility index (Phi) is 6.30. The van der Waals surface area contributed by atoms with Crippen molar-refractivity contribution in [3.05, 3.63) is 28.8 Å². The summed E-state index contributed by atoms with van der Waals surface area (Å²) in [4.78, 5) is 10.9. The highest BCUT2D eigenvalue weighted by molar-refractivity contribution is 6.32. The number of hydrazine groups is 1. The maximum atomic E-state index is 10.9. The van der Waals surface area contributed by atoms with Gasteiger partial charge in [0.25, 0.3) is 0 Å². The molecule has 0 atom stereocenters. The Hall–Kier alpha value is -1.26. The number of halogens is 1. The number of carbonyl (C=O) groups is 1. The highest BCUT2D eigenvalue weighted by Crippen LogP contribution is 2.31. The summed E-state index contributed by atoms with van der Waals surface area (Å²) in [6, 6.07) is 5.87. The Morgan fingerprint density at radius 3 is 2.60 bits per heavy atom. The van der Waals surface area contributed by atoms with Crippen LogP contribution in [-0.4, -0.2) is 12.5 Å². The van der Waals surface area contributed by atoms with E-state index in [9.17, 15) is 4.79 Å². The highest BCUT2D eigenvalue weighted by Gasteiger charge is 2.15. The maximum absolute atomic E-state index is 10.9. The van der Waals surface area contributed by atoms with Crippen LogP contribution in [0.4, 0.5) is 0 Å². The summed E-state index contributed by atoms with van der Waals surface area (Å²) in [7, 11) is 0. The largest absolute Gasteiger partial charge is 0.492 e. The van der Waals surface area contributed by atoms with E-state index in [-0.39, 0.29) is 11.3 Å². The van der Waals surface area contributed by atoms with Crippen LogP contribution in [-0.2, 0) is 10.2 Å². The molecule has 0 fully saturated rings. The first-order chi connectivity index (χ1) is 9.34. The van der Waals surface area contributed by atoms with Gasteiger partial charge in [-0.1, -0.05) is 38.4 Å². The van der Waals surface area contributed by atoms with Crippen LogP contribution in [0.3, 0.4) is 0 Å². The molecule has 0 aliphatic rings. The molecule has 0 saturated carbocycles. The number of unbranched alkanes of at least 4 members (excludes halogenated alkanes) is 1. The van der Waals surface area contributed by atoms with Gasteiger partial charge in [-0.25, -0.2) is 5.84 Å². The van der Waals surface area contributed by atoms with Crippen molar-refractivity contribution in [2.24, 2.45) is 5.84 Å². The zero-order valence-corrected chi connectivity index (χ0v) is 13.1. The zero-order valence-electron chi connectivity index (χ0n) is 12.3. The minimum absolute atomic E-state index is 0.0672. The molecule has 112 valence electrons. The quantitative estimate of drug-likeness (QED) is 0.367. The lowest BCUT2D eigenvalue weighted by atomic mass is 9.87. The Morgan fingerprint density at radius 1 is 1.35 bits per heavy atom. The van der Waals surface area contributed by atoms with Crippen molar-refractivity contribution in [2.45, 2.75) is 45.4 Å². The summed E-state index contributed by atoms with van der Waals surface area (Å²) in [5, 5.41) is 0.622. The fraction of sp³-hybridized carbons (Fsp3) is 0.533. The normalized spacial score (nSPS) is 11.2. The topological polar surface area (TPSA) is 64.3 Å². The minimum Gasteiger partial charge on any atom is -0.492 e. The summed E-state index contributed by atoms with van der Waals surface area (Å²) in [5.41, 5.74) is 3.34.